The lowest BCUT2D eigenvalue weighted by Crippen LogP contribution is -2.28. The summed E-state index contributed by atoms with van der Waals surface area (Å²) in [6, 6.07) is 0. The molecule has 2 unspecified atom stereocenters. The van der Waals surface area contributed by atoms with E-state index in [1.807, 2.05) is 11.4 Å². The zero-order valence-corrected chi connectivity index (χ0v) is 10.0. The Balaban J connectivity index is 2.67. The maximum absolute atomic E-state index is 5.61. The molecule has 0 saturated carbocycles. The summed E-state index contributed by atoms with van der Waals surface area (Å²) in [6.07, 6.45) is 9.77. The first-order valence-corrected chi connectivity index (χ1v) is 8.72. The molecule has 4 heteroatoms. The molecule has 1 saturated heterocycles. The molecule has 1 rings (SSSR count). The Kier molecular flexibility index (Phi) is 3.67. The van der Waals surface area contributed by atoms with Crippen molar-refractivity contribution in [3.8, 4) is 12.3 Å². The lowest BCUT2D eigenvalue weighted by atomic mass is 10.1. The number of hydrogen-bond donors (Lipinski definition) is 0. The standard InChI is InChI=1S/C8H14NPS2/c1-4-8-5-6-10(11,12-3)9(2)7-8/h1,8H,5-7H2,2-3H3. The van der Waals surface area contributed by atoms with Gasteiger partial charge >= 0.3 is 0 Å². The highest BCUT2D eigenvalue weighted by atomic mass is 32.9. The van der Waals surface area contributed by atoms with Gasteiger partial charge in [-0.3, -0.25) is 4.67 Å². The largest absolute Gasteiger partial charge is 0.269 e. The lowest BCUT2D eigenvalue weighted by Gasteiger charge is -2.37. The Morgan fingerprint density at radius 3 is 2.83 bits per heavy atom. The fourth-order valence-corrected chi connectivity index (χ4v) is 5.69. The molecule has 0 aliphatic carbocycles. The SMILES string of the molecule is C#CC1CCP(=S)(SC)N(C)C1. The minimum absolute atomic E-state index is 0.429. The van der Waals surface area contributed by atoms with Crippen molar-refractivity contribution in [1.82, 2.24) is 4.67 Å². The van der Waals surface area contributed by atoms with Gasteiger partial charge in [0, 0.05) is 12.5 Å². The number of nitrogens with zero attached hydrogens (tertiary/aromatic N) is 1. The summed E-state index contributed by atoms with van der Waals surface area (Å²) in [5.41, 5.74) is 0. The molecular weight excluding hydrogens is 205 g/mol. The average molecular weight is 219 g/mol. The third-order valence-corrected chi connectivity index (χ3v) is 10.7. The molecule has 1 heterocycles. The van der Waals surface area contributed by atoms with Gasteiger partial charge in [0.25, 0.3) is 0 Å². The maximum atomic E-state index is 5.61. The summed E-state index contributed by atoms with van der Waals surface area (Å²) in [5.74, 6) is 3.25. The van der Waals surface area contributed by atoms with E-state index < -0.39 is 5.39 Å². The Bertz CT molecular complexity index is 246. The number of terminal acetylenes is 1. The minimum Gasteiger partial charge on any atom is -0.269 e. The van der Waals surface area contributed by atoms with E-state index in [4.69, 9.17) is 18.2 Å². The van der Waals surface area contributed by atoms with Crippen LogP contribution in [0.3, 0.4) is 0 Å². The van der Waals surface area contributed by atoms with E-state index in [2.05, 4.69) is 23.9 Å². The van der Waals surface area contributed by atoms with Gasteiger partial charge in [0.05, 0.1) is 5.39 Å². The third-order valence-electron chi connectivity index (χ3n) is 2.29. The highest BCUT2D eigenvalue weighted by Crippen LogP contribution is 2.62. The first-order valence-electron chi connectivity index (χ1n) is 3.95. The predicted octanol–water partition coefficient (Wildman–Crippen LogP) is 2.24. The molecule has 0 N–H and O–H groups in total. The summed E-state index contributed by atoms with van der Waals surface area (Å²) >= 11 is 7.46. The van der Waals surface area contributed by atoms with Gasteiger partial charge in [0.2, 0.25) is 0 Å². The van der Waals surface area contributed by atoms with Crippen molar-refractivity contribution >= 4 is 28.6 Å². The van der Waals surface area contributed by atoms with E-state index in [0.717, 1.165) is 19.1 Å². The monoisotopic (exact) mass is 219 g/mol. The predicted molar refractivity (Wildman–Crippen MR) is 62.2 cm³/mol. The second-order valence-electron chi connectivity index (χ2n) is 3.04. The molecule has 0 aromatic heterocycles. The quantitative estimate of drug-likeness (QED) is 0.492. The maximum Gasteiger partial charge on any atom is 0.0665 e. The van der Waals surface area contributed by atoms with E-state index in [1.165, 1.54) is 0 Å². The molecule has 0 aromatic carbocycles. The van der Waals surface area contributed by atoms with Crippen molar-refractivity contribution in [1.29, 1.82) is 0 Å². The van der Waals surface area contributed by atoms with Crippen LogP contribution in [-0.4, -0.2) is 30.7 Å². The van der Waals surface area contributed by atoms with Gasteiger partial charge in [0.1, 0.15) is 0 Å². The fraction of sp³-hybridized carbons (Fsp3) is 0.750. The summed E-state index contributed by atoms with van der Waals surface area (Å²) in [4.78, 5) is 0. The van der Waals surface area contributed by atoms with Crippen molar-refractivity contribution in [2.24, 2.45) is 5.92 Å². The van der Waals surface area contributed by atoms with E-state index >= 15 is 0 Å². The normalized spacial score (nSPS) is 37.6. The van der Waals surface area contributed by atoms with Gasteiger partial charge < -0.3 is 0 Å². The van der Waals surface area contributed by atoms with Crippen LogP contribution < -0.4 is 0 Å². The second-order valence-corrected chi connectivity index (χ2v) is 11.2. The van der Waals surface area contributed by atoms with Crippen LogP contribution in [0.4, 0.5) is 0 Å². The third kappa shape index (κ3) is 2.06. The highest BCUT2D eigenvalue weighted by Gasteiger charge is 2.29. The smallest absolute Gasteiger partial charge is 0.0665 e. The molecule has 12 heavy (non-hydrogen) atoms. The van der Waals surface area contributed by atoms with Crippen LogP contribution in [-0.2, 0) is 11.8 Å². The van der Waals surface area contributed by atoms with Crippen molar-refractivity contribution in [3.05, 3.63) is 0 Å². The van der Waals surface area contributed by atoms with Crippen LogP contribution in [0, 0.1) is 18.3 Å². The van der Waals surface area contributed by atoms with Crippen molar-refractivity contribution in [3.63, 3.8) is 0 Å². The molecular formula is C8H14NPS2. The number of hydrogen-bond acceptors (Lipinski definition) is 2. The van der Waals surface area contributed by atoms with Crippen molar-refractivity contribution in [2.75, 3.05) is 26.0 Å². The summed E-state index contributed by atoms with van der Waals surface area (Å²) in [6.45, 7) is 0.995. The topological polar surface area (TPSA) is 3.24 Å². The van der Waals surface area contributed by atoms with Crippen LogP contribution >= 0.6 is 16.8 Å². The van der Waals surface area contributed by atoms with Crippen molar-refractivity contribution < 1.29 is 0 Å². The highest BCUT2D eigenvalue weighted by molar-refractivity contribution is 8.70. The van der Waals surface area contributed by atoms with Gasteiger partial charge in [0.15, 0.2) is 0 Å². The molecule has 68 valence electrons. The second kappa shape index (κ2) is 4.15. The van der Waals surface area contributed by atoms with E-state index in [-0.39, 0.29) is 0 Å². The van der Waals surface area contributed by atoms with Gasteiger partial charge in [-0.1, -0.05) is 11.8 Å². The minimum atomic E-state index is -1.25. The van der Waals surface area contributed by atoms with E-state index in [0.29, 0.717) is 5.92 Å². The molecule has 0 bridgehead atoms. The van der Waals surface area contributed by atoms with Gasteiger partial charge in [-0.15, -0.1) is 23.7 Å². The fourth-order valence-electron chi connectivity index (χ4n) is 1.39. The van der Waals surface area contributed by atoms with Crippen molar-refractivity contribution in [2.45, 2.75) is 6.42 Å². The zero-order chi connectivity index (χ0) is 9.19. The Hall–Kier alpha value is 0.520. The van der Waals surface area contributed by atoms with Crippen LogP contribution in [0.25, 0.3) is 0 Å². The van der Waals surface area contributed by atoms with Crippen LogP contribution in [0.1, 0.15) is 6.42 Å². The molecule has 0 aromatic rings. The first-order chi connectivity index (χ1) is 5.62. The molecule has 1 aliphatic heterocycles. The van der Waals surface area contributed by atoms with E-state index in [9.17, 15) is 0 Å². The molecule has 1 aliphatic rings. The summed E-state index contributed by atoms with van der Waals surface area (Å²) in [5, 5.41) is -1.25. The average Bonchev–Trinajstić information content (AvgIpc) is 2.10. The number of rotatable bonds is 1. The Morgan fingerprint density at radius 1 is 1.75 bits per heavy atom. The van der Waals surface area contributed by atoms with Crippen LogP contribution in [0.15, 0.2) is 0 Å². The lowest BCUT2D eigenvalue weighted by molar-refractivity contribution is 0.441. The Labute approximate surface area is 84.1 Å². The Morgan fingerprint density at radius 2 is 2.42 bits per heavy atom. The van der Waals surface area contributed by atoms with Crippen LogP contribution in [0.5, 0.6) is 0 Å². The van der Waals surface area contributed by atoms with Gasteiger partial charge in [-0.2, -0.15) is 0 Å². The summed E-state index contributed by atoms with van der Waals surface area (Å²) in [7, 11) is 2.11. The van der Waals surface area contributed by atoms with E-state index in [1.54, 1.807) is 0 Å². The molecule has 0 amide bonds. The molecule has 0 radical (unpaired) electrons. The molecule has 2 atom stereocenters. The summed E-state index contributed by atoms with van der Waals surface area (Å²) < 4.78 is 2.31. The molecule has 1 fully saturated rings. The first kappa shape index (κ1) is 10.6. The van der Waals surface area contributed by atoms with Gasteiger partial charge in [-0.25, -0.2) is 0 Å². The van der Waals surface area contributed by atoms with Crippen LogP contribution in [0.2, 0.25) is 0 Å². The van der Waals surface area contributed by atoms with Gasteiger partial charge in [-0.05, 0) is 25.9 Å². The zero-order valence-electron chi connectivity index (χ0n) is 7.49. The molecule has 1 nitrogen and oxygen atoms in total. The molecule has 0 spiro atoms.